The molecule has 27 heavy (non-hydrogen) atoms. The van der Waals surface area contributed by atoms with Crippen molar-refractivity contribution in [3.8, 4) is 11.3 Å². The Morgan fingerprint density at radius 1 is 1.11 bits per heavy atom. The molecule has 0 aliphatic carbocycles. The predicted octanol–water partition coefficient (Wildman–Crippen LogP) is 5.29. The smallest absolute Gasteiger partial charge is 0.264 e. The van der Waals surface area contributed by atoms with Crippen LogP contribution in [0.2, 0.25) is 0 Å². The van der Waals surface area contributed by atoms with Gasteiger partial charge < -0.3 is 9.73 Å². The lowest BCUT2D eigenvalue weighted by Crippen LogP contribution is -2.19. The summed E-state index contributed by atoms with van der Waals surface area (Å²) >= 11 is 1.25. The zero-order valence-corrected chi connectivity index (χ0v) is 15.2. The number of benzene rings is 2. The molecule has 134 valence electrons. The molecule has 0 bridgehead atoms. The van der Waals surface area contributed by atoms with Crippen LogP contribution in [-0.2, 0) is 4.79 Å². The zero-order chi connectivity index (χ0) is 18.8. The number of nitrogens with zero attached hydrogens (tertiary/aromatic N) is 1. The summed E-state index contributed by atoms with van der Waals surface area (Å²) in [5.41, 5.74) is 2.57. The van der Waals surface area contributed by atoms with Crippen LogP contribution < -0.4 is 5.32 Å². The molecule has 4 nitrogen and oxygen atoms in total. The maximum atomic E-state index is 13.4. The van der Waals surface area contributed by atoms with Crippen LogP contribution in [-0.4, -0.2) is 11.1 Å². The highest BCUT2D eigenvalue weighted by atomic mass is 32.2. The Kier molecular flexibility index (Phi) is 4.64. The number of amides is 1. The van der Waals surface area contributed by atoms with Gasteiger partial charge in [-0.25, -0.2) is 9.38 Å². The molecule has 1 aliphatic rings. The van der Waals surface area contributed by atoms with E-state index in [0.717, 1.165) is 11.3 Å². The number of carbonyl (C=O) groups is 1. The molecule has 1 aromatic heterocycles. The van der Waals surface area contributed by atoms with E-state index < -0.39 is 0 Å². The number of hydrogen-bond donors (Lipinski definition) is 1. The van der Waals surface area contributed by atoms with Crippen LogP contribution in [0, 0.1) is 12.7 Å². The lowest BCUT2D eigenvalue weighted by atomic mass is 10.2. The highest BCUT2D eigenvalue weighted by Crippen LogP contribution is 2.30. The molecule has 3 aromatic rings. The van der Waals surface area contributed by atoms with Gasteiger partial charge in [-0.1, -0.05) is 29.8 Å². The SMILES string of the molecule is Cc1ccc(N=C2NC(=O)/C(=C/c3ccc(-c4cccc(F)c4)o3)S2)cc1. The van der Waals surface area contributed by atoms with Crippen LogP contribution in [0.15, 0.2) is 75.0 Å². The van der Waals surface area contributed by atoms with Crippen LogP contribution in [0.1, 0.15) is 11.3 Å². The summed E-state index contributed by atoms with van der Waals surface area (Å²) in [6.07, 6.45) is 1.65. The van der Waals surface area contributed by atoms with Gasteiger partial charge in [0.25, 0.3) is 5.91 Å². The first-order chi connectivity index (χ1) is 13.1. The third-order valence-electron chi connectivity index (χ3n) is 3.92. The largest absolute Gasteiger partial charge is 0.457 e. The van der Waals surface area contributed by atoms with Crippen LogP contribution in [0.25, 0.3) is 17.4 Å². The fourth-order valence-corrected chi connectivity index (χ4v) is 3.40. The Hall–Kier alpha value is -3.12. The molecule has 1 N–H and O–H groups in total. The van der Waals surface area contributed by atoms with Gasteiger partial charge in [-0.3, -0.25) is 4.79 Å². The van der Waals surface area contributed by atoms with E-state index in [-0.39, 0.29) is 11.7 Å². The standard InChI is InChI=1S/C21H15FN2O2S/c1-13-5-7-16(8-6-13)23-21-24-20(25)19(27-21)12-17-9-10-18(26-17)14-3-2-4-15(22)11-14/h2-12H,1H3,(H,23,24,25)/b19-12-. The van der Waals surface area contributed by atoms with Gasteiger partial charge in [0.2, 0.25) is 0 Å². The molecule has 0 atom stereocenters. The topological polar surface area (TPSA) is 54.6 Å². The second-order valence-corrected chi connectivity index (χ2v) is 7.06. The number of amidine groups is 1. The van der Waals surface area contributed by atoms with E-state index in [1.807, 2.05) is 31.2 Å². The van der Waals surface area contributed by atoms with Crippen molar-refractivity contribution in [2.75, 3.05) is 0 Å². The molecule has 1 amide bonds. The van der Waals surface area contributed by atoms with E-state index in [4.69, 9.17) is 4.42 Å². The number of aliphatic imine (C=N–C) groups is 1. The third kappa shape index (κ3) is 4.01. The summed E-state index contributed by atoms with van der Waals surface area (Å²) in [4.78, 5) is 17.1. The molecule has 1 fully saturated rings. The minimum atomic E-state index is -0.327. The second kappa shape index (κ2) is 7.25. The average Bonchev–Trinajstić information content (AvgIpc) is 3.24. The lowest BCUT2D eigenvalue weighted by molar-refractivity contribution is -0.115. The van der Waals surface area contributed by atoms with Gasteiger partial charge in [-0.15, -0.1) is 0 Å². The lowest BCUT2D eigenvalue weighted by Gasteiger charge is -1.97. The van der Waals surface area contributed by atoms with Gasteiger partial charge in [0.15, 0.2) is 5.17 Å². The van der Waals surface area contributed by atoms with Gasteiger partial charge in [0.1, 0.15) is 17.3 Å². The maximum Gasteiger partial charge on any atom is 0.264 e. The molecule has 0 unspecified atom stereocenters. The van der Waals surface area contributed by atoms with Gasteiger partial charge >= 0.3 is 0 Å². The Morgan fingerprint density at radius 3 is 2.70 bits per heavy atom. The third-order valence-corrected chi connectivity index (χ3v) is 4.83. The van der Waals surface area contributed by atoms with Crippen LogP contribution >= 0.6 is 11.8 Å². The van der Waals surface area contributed by atoms with Gasteiger partial charge in [-0.05, 0) is 55.1 Å². The molecular weight excluding hydrogens is 363 g/mol. The van der Waals surface area contributed by atoms with Crippen molar-refractivity contribution in [1.29, 1.82) is 0 Å². The molecule has 6 heteroatoms. The van der Waals surface area contributed by atoms with Crippen molar-refractivity contribution in [1.82, 2.24) is 5.32 Å². The number of aryl methyl sites for hydroxylation is 1. The monoisotopic (exact) mass is 378 g/mol. The van der Waals surface area contributed by atoms with Crippen molar-refractivity contribution in [3.63, 3.8) is 0 Å². The molecular formula is C21H15FN2O2S. The van der Waals surface area contributed by atoms with Crippen molar-refractivity contribution in [2.24, 2.45) is 4.99 Å². The summed E-state index contributed by atoms with van der Waals surface area (Å²) in [6.45, 7) is 2.01. The maximum absolute atomic E-state index is 13.4. The number of halogens is 1. The van der Waals surface area contributed by atoms with E-state index >= 15 is 0 Å². The molecule has 4 rings (SSSR count). The van der Waals surface area contributed by atoms with Crippen molar-refractivity contribution >= 4 is 34.6 Å². The summed E-state index contributed by atoms with van der Waals surface area (Å²) in [5.74, 6) is 0.503. The number of furan rings is 1. The Labute approximate surface area is 159 Å². The number of hydrogen-bond acceptors (Lipinski definition) is 4. The van der Waals surface area contributed by atoms with Crippen molar-refractivity contribution in [3.05, 3.63) is 82.7 Å². The fourth-order valence-electron chi connectivity index (χ4n) is 2.57. The van der Waals surface area contributed by atoms with Crippen LogP contribution in [0.5, 0.6) is 0 Å². The minimum absolute atomic E-state index is 0.227. The number of rotatable bonds is 3. The van der Waals surface area contributed by atoms with Crippen LogP contribution in [0.3, 0.4) is 0 Å². The molecule has 1 aliphatic heterocycles. The molecule has 0 radical (unpaired) electrons. The van der Waals surface area contributed by atoms with Gasteiger partial charge in [-0.2, -0.15) is 0 Å². The van der Waals surface area contributed by atoms with Crippen molar-refractivity contribution in [2.45, 2.75) is 6.92 Å². The number of thioether (sulfide) groups is 1. The highest BCUT2D eigenvalue weighted by Gasteiger charge is 2.24. The Balaban J connectivity index is 1.54. The van der Waals surface area contributed by atoms with E-state index in [2.05, 4.69) is 10.3 Å². The van der Waals surface area contributed by atoms with Gasteiger partial charge in [0, 0.05) is 11.6 Å². The quantitative estimate of drug-likeness (QED) is 0.631. The molecule has 1 saturated heterocycles. The van der Waals surface area contributed by atoms with E-state index in [9.17, 15) is 9.18 Å². The minimum Gasteiger partial charge on any atom is -0.457 e. The van der Waals surface area contributed by atoms with Gasteiger partial charge in [0.05, 0.1) is 10.6 Å². The van der Waals surface area contributed by atoms with E-state index in [0.29, 0.717) is 27.2 Å². The highest BCUT2D eigenvalue weighted by molar-refractivity contribution is 8.18. The number of nitrogens with one attached hydrogen (secondary N) is 1. The Morgan fingerprint density at radius 2 is 1.93 bits per heavy atom. The molecule has 0 spiro atoms. The van der Waals surface area contributed by atoms with E-state index in [1.54, 1.807) is 30.3 Å². The summed E-state index contributed by atoms with van der Waals surface area (Å²) in [6, 6.07) is 17.4. The zero-order valence-electron chi connectivity index (χ0n) is 14.4. The molecule has 2 aromatic carbocycles. The predicted molar refractivity (Wildman–Crippen MR) is 106 cm³/mol. The van der Waals surface area contributed by atoms with E-state index in [1.165, 1.54) is 23.9 Å². The average molecular weight is 378 g/mol. The Bertz CT molecular complexity index is 1070. The second-order valence-electron chi connectivity index (χ2n) is 6.03. The molecule has 0 saturated carbocycles. The first-order valence-electron chi connectivity index (χ1n) is 8.29. The molecule has 2 heterocycles. The van der Waals surface area contributed by atoms with Crippen molar-refractivity contribution < 1.29 is 13.6 Å². The summed E-state index contributed by atoms with van der Waals surface area (Å²) < 4.78 is 19.1. The first-order valence-corrected chi connectivity index (χ1v) is 9.10. The fraction of sp³-hybridized carbons (Fsp3) is 0.0476. The normalized spacial score (nSPS) is 16.9. The summed E-state index contributed by atoms with van der Waals surface area (Å²) in [7, 11) is 0. The first kappa shape index (κ1) is 17.3. The number of carbonyl (C=O) groups excluding carboxylic acids is 1. The summed E-state index contributed by atoms with van der Waals surface area (Å²) in [5, 5.41) is 3.27. The van der Waals surface area contributed by atoms with Crippen LogP contribution in [0.4, 0.5) is 10.1 Å².